The molecule has 0 amide bonds. The molecule has 3 fully saturated rings. The van der Waals surface area contributed by atoms with Gasteiger partial charge in [0.25, 0.3) is 0 Å². The van der Waals surface area contributed by atoms with Gasteiger partial charge in [-0.25, -0.2) is 0 Å². The second kappa shape index (κ2) is 6.55. The Labute approximate surface area is 129 Å². The number of ether oxygens (including phenoxy) is 1. The zero-order chi connectivity index (χ0) is 14.8. The third-order valence-electron chi connectivity index (χ3n) is 6.40. The average Bonchev–Trinajstić information content (AvgIpc) is 2.90. The molecule has 122 valence electrons. The van der Waals surface area contributed by atoms with Gasteiger partial charge in [0.15, 0.2) is 0 Å². The van der Waals surface area contributed by atoms with Gasteiger partial charge in [-0.1, -0.05) is 38.5 Å². The van der Waals surface area contributed by atoms with Crippen molar-refractivity contribution in [1.29, 1.82) is 0 Å². The van der Waals surface area contributed by atoms with Crippen LogP contribution in [0.3, 0.4) is 0 Å². The fourth-order valence-electron chi connectivity index (χ4n) is 5.05. The summed E-state index contributed by atoms with van der Waals surface area (Å²) in [7, 11) is 0. The molecule has 0 aromatic carbocycles. The van der Waals surface area contributed by atoms with Gasteiger partial charge < -0.3 is 15.2 Å². The van der Waals surface area contributed by atoms with E-state index in [0.29, 0.717) is 17.6 Å². The average molecular weight is 295 g/mol. The summed E-state index contributed by atoms with van der Waals surface area (Å²) < 4.78 is 5.98. The first-order chi connectivity index (χ1) is 10.2. The first kappa shape index (κ1) is 15.8. The van der Waals surface area contributed by atoms with E-state index < -0.39 is 5.60 Å². The van der Waals surface area contributed by atoms with Crippen molar-refractivity contribution in [2.45, 2.75) is 95.3 Å². The van der Waals surface area contributed by atoms with Crippen molar-refractivity contribution in [1.82, 2.24) is 5.32 Å². The van der Waals surface area contributed by atoms with E-state index in [4.69, 9.17) is 4.74 Å². The summed E-state index contributed by atoms with van der Waals surface area (Å²) in [5.41, 5.74) is -0.0654. The summed E-state index contributed by atoms with van der Waals surface area (Å²) in [6.45, 7) is 3.74. The highest BCUT2D eigenvalue weighted by Gasteiger charge is 2.56. The van der Waals surface area contributed by atoms with E-state index in [2.05, 4.69) is 12.2 Å². The zero-order valence-electron chi connectivity index (χ0n) is 13.7. The van der Waals surface area contributed by atoms with Crippen molar-refractivity contribution >= 4 is 0 Å². The summed E-state index contributed by atoms with van der Waals surface area (Å²) in [5.74, 6) is 0. The van der Waals surface area contributed by atoms with Gasteiger partial charge in [0.1, 0.15) is 0 Å². The Morgan fingerprint density at radius 2 is 1.62 bits per heavy atom. The summed E-state index contributed by atoms with van der Waals surface area (Å²) >= 11 is 0. The zero-order valence-corrected chi connectivity index (χ0v) is 13.7. The maximum atomic E-state index is 10.8. The summed E-state index contributed by atoms with van der Waals surface area (Å²) in [5, 5.41) is 14.6. The normalized spacial score (nSPS) is 34.6. The molecule has 0 heterocycles. The van der Waals surface area contributed by atoms with Crippen LogP contribution in [0.25, 0.3) is 0 Å². The quantitative estimate of drug-likeness (QED) is 0.764. The predicted molar refractivity (Wildman–Crippen MR) is 85.4 cm³/mol. The molecule has 0 radical (unpaired) electrons. The number of hydrogen-bond acceptors (Lipinski definition) is 3. The molecular weight excluding hydrogens is 262 g/mol. The maximum Gasteiger partial charge on any atom is 0.0771 e. The fourth-order valence-corrected chi connectivity index (χ4v) is 5.05. The van der Waals surface area contributed by atoms with Crippen LogP contribution in [0.1, 0.15) is 77.6 Å². The number of rotatable bonds is 5. The Kier molecular flexibility index (Phi) is 4.92. The van der Waals surface area contributed by atoms with Gasteiger partial charge in [-0.3, -0.25) is 0 Å². The largest absolute Gasteiger partial charge is 0.389 e. The van der Waals surface area contributed by atoms with E-state index in [1.807, 2.05) is 0 Å². The Bertz CT molecular complexity index is 330. The highest BCUT2D eigenvalue weighted by molar-refractivity contribution is 5.10. The number of aliphatic hydroxyl groups is 1. The van der Waals surface area contributed by atoms with Crippen LogP contribution >= 0.6 is 0 Å². The highest BCUT2D eigenvalue weighted by atomic mass is 16.5. The minimum atomic E-state index is -0.451. The molecule has 21 heavy (non-hydrogen) atoms. The van der Waals surface area contributed by atoms with E-state index in [-0.39, 0.29) is 0 Å². The van der Waals surface area contributed by atoms with E-state index in [1.54, 1.807) is 0 Å². The molecule has 3 heteroatoms. The Morgan fingerprint density at radius 1 is 1.00 bits per heavy atom. The summed E-state index contributed by atoms with van der Waals surface area (Å²) in [4.78, 5) is 0. The molecule has 3 saturated carbocycles. The molecule has 0 bridgehead atoms. The van der Waals surface area contributed by atoms with Crippen LogP contribution < -0.4 is 5.32 Å². The van der Waals surface area contributed by atoms with Crippen LogP contribution in [0.2, 0.25) is 0 Å². The summed E-state index contributed by atoms with van der Waals surface area (Å²) in [6, 6.07) is 0.573. The molecule has 2 atom stereocenters. The van der Waals surface area contributed by atoms with Gasteiger partial charge in [-0.05, 0) is 39.0 Å². The molecule has 1 spiro atoms. The van der Waals surface area contributed by atoms with Gasteiger partial charge in [-0.15, -0.1) is 0 Å². The van der Waals surface area contributed by atoms with Crippen LogP contribution in [0.15, 0.2) is 0 Å². The molecule has 3 aliphatic carbocycles. The molecule has 0 saturated heterocycles. The van der Waals surface area contributed by atoms with Crippen LogP contribution in [0.4, 0.5) is 0 Å². The Hall–Kier alpha value is -0.120. The van der Waals surface area contributed by atoms with E-state index >= 15 is 0 Å². The van der Waals surface area contributed by atoms with Crippen molar-refractivity contribution in [2.75, 3.05) is 13.2 Å². The first-order valence-corrected chi connectivity index (χ1v) is 9.26. The lowest BCUT2D eigenvalue weighted by Gasteiger charge is -2.55. The molecule has 3 nitrogen and oxygen atoms in total. The Balaban J connectivity index is 1.55. The predicted octanol–water partition coefficient (Wildman–Crippen LogP) is 3.40. The lowest BCUT2D eigenvalue weighted by molar-refractivity contribution is -0.134. The molecule has 0 aromatic heterocycles. The van der Waals surface area contributed by atoms with E-state index in [0.717, 1.165) is 32.4 Å². The monoisotopic (exact) mass is 295 g/mol. The van der Waals surface area contributed by atoms with Gasteiger partial charge in [0, 0.05) is 24.6 Å². The lowest BCUT2D eigenvalue weighted by atomic mass is 9.60. The Morgan fingerprint density at radius 3 is 2.24 bits per heavy atom. The van der Waals surface area contributed by atoms with E-state index in [1.165, 1.54) is 51.4 Å². The highest BCUT2D eigenvalue weighted by Crippen LogP contribution is 2.54. The van der Waals surface area contributed by atoms with Crippen molar-refractivity contribution in [3.63, 3.8) is 0 Å². The maximum absolute atomic E-state index is 10.8. The molecular formula is C18H33NO2. The molecule has 2 N–H and O–H groups in total. The third-order valence-corrected chi connectivity index (χ3v) is 6.40. The van der Waals surface area contributed by atoms with E-state index in [9.17, 15) is 5.11 Å². The topological polar surface area (TPSA) is 41.5 Å². The third kappa shape index (κ3) is 3.16. The fraction of sp³-hybridized carbons (Fsp3) is 1.00. The van der Waals surface area contributed by atoms with Crippen molar-refractivity contribution < 1.29 is 9.84 Å². The van der Waals surface area contributed by atoms with Gasteiger partial charge in [0.05, 0.1) is 11.7 Å². The minimum absolute atomic E-state index is 0.386. The van der Waals surface area contributed by atoms with Crippen molar-refractivity contribution in [2.24, 2.45) is 5.41 Å². The van der Waals surface area contributed by atoms with Crippen molar-refractivity contribution in [3.05, 3.63) is 0 Å². The minimum Gasteiger partial charge on any atom is -0.389 e. The molecule has 3 rings (SSSR count). The number of nitrogens with one attached hydrogen (secondary N) is 1. The first-order valence-electron chi connectivity index (χ1n) is 9.26. The molecule has 0 aliphatic heterocycles. The molecule has 0 aromatic rings. The lowest BCUT2D eigenvalue weighted by Crippen LogP contribution is -2.64. The van der Waals surface area contributed by atoms with Crippen LogP contribution in [0.5, 0.6) is 0 Å². The van der Waals surface area contributed by atoms with Gasteiger partial charge >= 0.3 is 0 Å². The number of hydrogen-bond donors (Lipinski definition) is 2. The SMILES string of the molecule is CCOC1CC(NCC2(O)CCCCCC2)C12CCCC2. The second-order valence-corrected chi connectivity index (χ2v) is 7.69. The van der Waals surface area contributed by atoms with Crippen LogP contribution in [-0.4, -0.2) is 36.0 Å². The standard InChI is InChI=1S/C18H33NO2/c1-2-21-16-13-15(18(16)11-7-8-12-18)19-14-17(20)9-5-3-4-6-10-17/h15-16,19-20H,2-14H2,1H3. The van der Waals surface area contributed by atoms with Crippen LogP contribution in [0, 0.1) is 5.41 Å². The molecule has 3 aliphatic rings. The van der Waals surface area contributed by atoms with Crippen LogP contribution in [-0.2, 0) is 4.74 Å². The molecule has 2 unspecified atom stereocenters. The second-order valence-electron chi connectivity index (χ2n) is 7.69. The van der Waals surface area contributed by atoms with Gasteiger partial charge in [-0.2, -0.15) is 0 Å². The smallest absolute Gasteiger partial charge is 0.0771 e. The van der Waals surface area contributed by atoms with Gasteiger partial charge in [0.2, 0.25) is 0 Å². The van der Waals surface area contributed by atoms with Crippen molar-refractivity contribution in [3.8, 4) is 0 Å². The summed E-state index contributed by atoms with van der Waals surface area (Å²) in [6.07, 6.45) is 13.9.